The van der Waals surface area contributed by atoms with Gasteiger partial charge in [-0.3, -0.25) is 4.79 Å². The lowest BCUT2D eigenvalue weighted by molar-refractivity contribution is -0.121. The largest absolute Gasteiger partial charge is 0.367 e. The molecule has 0 atom stereocenters. The molecule has 2 aromatic rings. The predicted octanol–water partition coefficient (Wildman–Crippen LogP) is 0.0590. The van der Waals surface area contributed by atoms with E-state index in [2.05, 4.69) is 26.1 Å². The molecule has 19 heavy (non-hydrogen) atoms. The lowest BCUT2D eigenvalue weighted by atomic mass is 10.2. The highest BCUT2D eigenvalue weighted by atomic mass is 35.5. The van der Waals surface area contributed by atoms with E-state index in [9.17, 15) is 4.79 Å². The number of benzene rings is 1. The van der Waals surface area contributed by atoms with Crippen LogP contribution >= 0.6 is 11.6 Å². The maximum Gasteiger partial charge on any atom is 0.261 e. The molecule has 0 saturated carbocycles. The first-order valence-corrected chi connectivity index (χ1v) is 5.62. The average molecular weight is 280 g/mol. The van der Waals surface area contributed by atoms with Crippen molar-refractivity contribution < 1.29 is 4.79 Å². The van der Waals surface area contributed by atoms with Gasteiger partial charge in [0.05, 0.1) is 6.21 Å². The van der Waals surface area contributed by atoms with Crippen LogP contribution in [0.4, 0.5) is 5.95 Å². The van der Waals surface area contributed by atoms with Crippen LogP contribution in [-0.2, 0) is 11.3 Å². The summed E-state index contributed by atoms with van der Waals surface area (Å²) in [6.45, 7) is -0.112. The molecule has 98 valence electrons. The third kappa shape index (κ3) is 3.49. The Kier molecular flexibility index (Phi) is 4.04. The number of carbonyl (C=O) groups excluding carboxylic acids is 1. The van der Waals surface area contributed by atoms with E-state index < -0.39 is 5.91 Å². The van der Waals surface area contributed by atoms with Crippen LogP contribution in [0.2, 0.25) is 5.02 Å². The number of hydrogen-bond acceptors (Lipinski definition) is 6. The van der Waals surface area contributed by atoms with Crippen LogP contribution in [-0.4, -0.2) is 32.3 Å². The first-order chi connectivity index (χ1) is 9.16. The molecule has 3 N–H and O–H groups in total. The van der Waals surface area contributed by atoms with E-state index >= 15 is 0 Å². The Balaban J connectivity index is 1.91. The molecule has 0 bridgehead atoms. The molecule has 1 aromatic heterocycles. The minimum atomic E-state index is -0.401. The van der Waals surface area contributed by atoms with Gasteiger partial charge in [-0.25, -0.2) is 10.1 Å². The zero-order valence-corrected chi connectivity index (χ0v) is 10.4. The summed E-state index contributed by atoms with van der Waals surface area (Å²) in [7, 11) is 0. The molecule has 0 saturated heterocycles. The van der Waals surface area contributed by atoms with Gasteiger partial charge in [-0.15, -0.1) is 0 Å². The average Bonchev–Trinajstić information content (AvgIpc) is 2.77. The minimum Gasteiger partial charge on any atom is -0.367 e. The molecule has 2 rings (SSSR count). The summed E-state index contributed by atoms with van der Waals surface area (Å²) in [6, 6.07) is 7.12. The van der Waals surface area contributed by atoms with Crippen molar-refractivity contribution in [3.63, 3.8) is 0 Å². The van der Waals surface area contributed by atoms with Gasteiger partial charge in [0.15, 0.2) is 0 Å². The van der Waals surface area contributed by atoms with Crippen LogP contribution in [0.25, 0.3) is 0 Å². The van der Waals surface area contributed by atoms with Gasteiger partial charge < -0.3 is 5.73 Å². The number of hydrazone groups is 1. The van der Waals surface area contributed by atoms with E-state index in [1.165, 1.54) is 6.21 Å². The highest BCUT2D eigenvalue weighted by molar-refractivity contribution is 6.33. The summed E-state index contributed by atoms with van der Waals surface area (Å²) >= 11 is 5.92. The number of tetrazole rings is 1. The third-order valence-electron chi connectivity index (χ3n) is 2.15. The van der Waals surface area contributed by atoms with Crippen molar-refractivity contribution in [1.82, 2.24) is 25.6 Å². The van der Waals surface area contributed by atoms with Gasteiger partial charge in [0.1, 0.15) is 6.54 Å². The van der Waals surface area contributed by atoms with E-state index in [0.29, 0.717) is 10.6 Å². The number of nitrogens with one attached hydrogen (secondary N) is 1. The van der Waals surface area contributed by atoms with E-state index in [1.807, 2.05) is 6.07 Å². The number of nitrogen functional groups attached to an aromatic ring is 1. The normalized spacial score (nSPS) is 10.8. The molecule has 0 aliphatic heterocycles. The van der Waals surface area contributed by atoms with Crippen molar-refractivity contribution in [2.24, 2.45) is 5.10 Å². The number of rotatable bonds is 4. The Morgan fingerprint density at radius 2 is 2.32 bits per heavy atom. The first kappa shape index (κ1) is 13.0. The number of nitrogens with zero attached hydrogens (tertiary/aromatic N) is 5. The molecule has 0 fully saturated rings. The molecule has 0 aliphatic rings. The van der Waals surface area contributed by atoms with Gasteiger partial charge in [0, 0.05) is 10.6 Å². The Hall–Kier alpha value is -2.48. The minimum absolute atomic E-state index is 0.0604. The topological polar surface area (TPSA) is 111 Å². The zero-order valence-electron chi connectivity index (χ0n) is 9.69. The number of amides is 1. The van der Waals surface area contributed by atoms with E-state index in [1.54, 1.807) is 18.2 Å². The van der Waals surface area contributed by atoms with Gasteiger partial charge in [0.25, 0.3) is 5.91 Å². The number of halogens is 1. The maximum atomic E-state index is 11.5. The fourth-order valence-electron chi connectivity index (χ4n) is 1.25. The molecule has 9 heteroatoms. The van der Waals surface area contributed by atoms with Crippen molar-refractivity contribution in [2.45, 2.75) is 6.54 Å². The molecule has 0 aliphatic carbocycles. The van der Waals surface area contributed by atoms with Crippen LogP contribution in [0, 0.1) is 0 Å². The molecule has 0 radical (unpaired) electrons. The summed E-state index contributed by atoms with van der Waals surface area (Å²) in [5, 5.41) is 14.6. The lowest BCUT2D eigenvalue weighted by Gasteiger charge is -2.00. The Labute approximate surface area is 113 Å². The second-order valence-electron chi connectivity index (χ2n) is 3.51. The van der Waals surface area contributed by atoms with Crippen LogP contribution in [0.3, 0.4) is 0 Å². The van der Waals surface area contributed by atoms with Crippen molar-refractivity contribution in [1.29, 1.82) is 0 Å². The third-order valence-corrected chi connectivity index (χ3v) is 2.50. The number of carbonyl (C=O) groups is 1. The summed E-state index contributed by atoms with van der Waals surface area (Å²) in [4.78, 5) is 11.5. The number of anilines is 1. The molecular formula is C10H10ClN7O. The summed E-state index contributed by atoms with van der Waals surface area (Å²) in [5.74, 6) is -0.340. The molecule has 1 heterocycles. The van der Waals surface area contributed by atoms with Crippen LogP contribution in [0.15, 0.2) is 29.4 Å². The number of aromatic nitrogens is 4. The van der Waals surface area contributed by atoms with Crippen molar-refractivity contribution in [3.05, 3.63) is 34.9 Å². The lowest BCUT2D eigenvalue weighted by Crippen LogP contribution is -2.24. The van der Waals surface area contributed by atoms with Gasteiger partial charge in [0.2, 0.25) is 5.95 Å². The summed E-state index contributed by atoms with van der Waals surface area (Å²) in [6.07, 6.45) is 1.45. The van der Waals surface area contributed by atoms with Gasteiger partial charge >= 0.3 is 0 Å². The fraction of sp³-hybridized carbons (Fsp3) is 0.100. The molecule has 8 nitrogen and oxygen atoms in total. The zero-order chi connectivity index (χ0) is 13.7. The monoisotopic (exact) mass is 279 g/mol. The Bertz CT molecular complexity index is 609. The van der Waals surface area contributed by atoms with Crippen molar-refractivity contribution >= 4 is 29.7 Å². The van der Waals surface area contributed by atoms with Gasteiger partial charge in [-0.05, 0) is 16.5 Å². The van der Waals surface area contributed by atoms with Crippen LogP contribution < -0.4 is 11.2 Å². The summed E-state index contributed by atoms with van der Waals surface area (Å²) in [5.41, 5.74) is 8.44. The van der Waals surface area contributed by atoms with E-state index in [4.69, 9.17) is 17.3 Å². The quantitative estimate of drug-likeness (QED) is 0.607. The maximum absolute atomic E-state index is 11.5. The predicted molar refractivity (Wildman–Crippen MR) is 69.4 cm³/mol. The van der Waals surface area contributed by atoms with Crippen LogP contribution in [0.1, 0.15) is 5.56 Å². The number of hydrogen-bond donors (Lipinski definition) is 2. The van der Waals surface area contributed by atoms with Gasteiger partial charge in [-0.1, -0.05) is 34.9 Å². The van der Waals surface area contributed by atoms with Crippen LogP contribution in [0.5, 0.6) is 0 Å². The fourth-order valence-corrected chi connectivity index (χ4v) is 1.43. The molecule has 1 amide bonds. The Morgan fingerprint density at radius 3 is 3.00 bits per heavy atom. The van der Waals surface area contributed by atoms with E-state index in [-0.39, 0.29) is 12.5 Å². The van der Waals surface area contributed by atoms with Gasteiger partial charge in [-0.2, -0.15) is 5.10 Å². The highest BCUT2D eigenvalue weighted by Gasteiger charge is 2.06. The first-order valence-electron chi connectivity index (χ1n) is 5.25. The molecular weight excluding hydrogens is 270 g/mol. The van der Waals surface area contributed by atoms with Crippen molar-refractivity contribution in [3.8, 4) is 0 Å². The molecule has 0 spiro atoms. The standard InChI is InChI=1S/C10H10ClN7O/c11-8-4-2-1-3-7(8)5-13-14-9(19)6-18-10(12)15-16-17-18/h1-5H,6H2,(H,14,19)(H2,12,15,17). The SMILES string of the molecule is Nc1nnnn1CC(=O)NN=Cc1ccccc1Cl. The molecule has 0 unspecified atom stereocenters. The summed E-state index contributed by atoms with van der Waals surface area (Å²) < 4.78 is 1.15. The number of nitrogens with two attached hydrogens (primary N) is 1. The van der Waals surface area contributed by atoms with E-state index in [0.717, 1.165) is 4.68 Å². The second kappa shape index (κ2) is 5.91. The second-order valence-corrected chi connectivity index (χ2v) is 3.92. The Morgan fingerprint density at radius 1 is 1.53 bits per heavy atom. The van der Waals surface area contributed by atoms with Crippen molar-refractivity contribution in [2.75, 3.05) is 5.73 Å². The smallest absolute Gasteiger partial charge is 0.261 e. The molecule has 1 aromatic carbocycles. The highest BCUT2D eigenvalue weighted by Crippen LogP contribution is 2.11.